The Labute approximate surface area is 140 Å². The molecule has 0 fully saturated rings. The Morgan fingerprint density at radius 2 is 1.74 bits per heavy atom. The quantitative estimate of drug-likeness (QED) is 0.568. The Kier molecular flexibility index (Phi) is 7.88. The van der Waals surface area contributed by atoms with Crippen molar-refractivity contribution in [2.75, 3.05) is 6.54 Å². The van der Waals surface area contributed by atoms with E-state index in [0.29, 0.717) is 0 Å². The second kappa shape index (κ2) is 10.2. The lowest BCUT2D eigenvalue weighted by Crippen LogP contribution is -2.14. The fourth-order valence-corrected chi connectivity index (χ4v) is 2.61. The van der Waals surface area contributed by atoms with E-state index in [1.165, 1.54) is 44.1 Å². The summed E-state index contributed by atoms with van der Waals surface area (Å²) in [7, 11) is 0. The molecule has 126 valence electrons. The summed E-state index contributed by atoms with van der Waals surface area (Å²) in [6.45, 7) is 6.29. The van der Waals surface area contributed by atoms with Crippen molar-refractivity contribution in [2.24, 2.45) is 0 Å². The summed E-state index contributed by atoms with van der Waals surface area (Å²) >= 11 is 0. The third-order valence-corrected chi connectivity index (χ3v) is 4.08. The van der Waals surface area contributed by atoms with Gasteiger partial charge in [-0.25, -0.2) is 4.98 Å². The summed E-state index contributed by atoms with van der Waals surface area (Å²) in [6, 6.07) is 8.58. The molecule has 0 aliphatic carbocycles. The molecule has 1 aromatic carbocycles. The molecule has 2 aromatic rings. The van der Waals surface area contributed by atoms with Gasteiger partial charge in [-0.05, 0) is 43.5 Å². The van der Waals surface area contributed by atoms with Crippen LogP contribution in [0.25, 0.3) is 11.5 Å². The van der Waals surface area contributed by atoms with E-state index in [-0.39, 0.29) is 0 Å². The summed E-state index contributed by atoms with van der Waals surface area (Å²) in [5.41, 5.74) is 3.42. The van der Waals surface area contributed by atoms with Crippen LogP contribution >= 0.6 is 0 Å². The molecule has 0 aliphatic rings. The number of aromatic nitrogens is 1. The van der Waals surface area contributed by atoms with Crippen molar-refractivity contribution in [3.05, 3.63) is 41.8 Å². The molecule has 1 heterocycles. The van der Waals surface area contributed by atoms with Gasteiger partial charge in [-0.2, -0.15) is 0 Å². The molecule has 1 aromatic heterocycles. The van der Waals surface area contributed by atoms with Gasteiger partial charge in [0.1, 0.15) is 6.26 Å². The van der Waals surface area contributed by atoms with Crippen LogP contribution in [0.5, 0.6) is 0 Å². The standard InChI is InChI=1S/C20H30N2O/c1-3-5-7-8-14-21-15-19-16-23-20(22-19)18-12-10-17(11-13-18)9-6-4-2/h10-13,16,21H,3-9,14-15H2,1-2H3. The molecule has 0 spiro atoms. The number of rotatable bonds is 11. The molecule has 2 rings (SSSR count). The molecule has 0 aliphatic heterocycles. The zero-order chi connectivity index (χ0) is 16.3. The van der Waals surface area contributed by atoms with Gasteiger partial charge < -0.3 is 9.73 Å². The fraction of sp³-hybridized carbons (Fsp3) is 0.550. The third-order valence-electron chi connectivity index (χ3n) is 4.08. The first kappa shape index (κ1) is 17.7. The Morgan fingerprint density at radius 1 is 0.957 bits per heavy atom. The first-order valence-corrected chi connectivity index (χ1v) is 9.08. The Balaban J connectivity index is 1.79. The van der Waals surface area contributed by atoms with Crippen LogP contribution in [0, 0.1) is 0 Å². The first-order valence-electron chi connectivity index (χ1n) is 9.08. The predicted molar refractivity (Wildman–Crippen MR) is 96.4 cm³/mol. The van der Waals surface area contributed by atoms with Gasteiger partial charge in [0.15, 0.2) is 0 Å². The molecule has 0 amide bonds. The van der Waals surface area contributed by atoms with Gasteiger partial charge in [0, 0.05) is 12.1 Å². The number of aryl methyl sites for hydroxylation is 1. The summed E-state index contributed by atoms with van der Waals surface area (Å²) in [4.78, 5) is 4.58. The van der Waals surface area contributed by atoms with Crippen LogP contribution in [0.4, 0.5) is 0 Å². The summed E-state index contributed by atoms with van der Waals surface area (Å²) in [5.74, 6) is 0.717. The zero-order valence-electron chi connectivity index (χ0n) is 14.6. The number of unbranched alkanes of at least 4 members (excludes halogenated alkanes) is 4. The maximum absolute atomic E-state index is 5.62. The van der Waals surface area contributed by atoms with Crippen molar-refractivity contribution < 1.29 is 4.42 Å². The molecule has 1 N–H and O–H groups in total. The van der Waals surface area contributed by atoms with Gasteiger partial charge in [0.2, 0.25) is 5.89 Å². The molecule has 3 nitrogen and oxygen atoms in total. The lowest BCUT2D eigenvalue weighted by molar-refractivity contribution is 0.566. The van der Waals surface area contributed by atoms with Crippen molar-refractivity contribution in [1.29, 1.82) is 0 Å². The van der Waals surface area contributed by atoms with E-state index in [2.05, 4.69) is 48.4 Å². The Hall–Kier alpha value is -1.61. The van der Waals surface area contributed by atoms with Gasteiger partial charge in [-0.1, -0.05) is 51.7 Å². The van der Waals surface area contributed by atoms with Crippen LogP contribution in [0.1, 0.15) is 63.6 Å². The van der Waals surface area contributed by atoms with E-state index in [1.807, 2.05) is 0 Å². The Morgan fingerprint density at radius 3 is 2.48 bits per heavy atom. The van der Waals surface area contributed by atoms with Gasteiger partial charge in [0.05, 0.1) is 5.69 Å². The van der Waals surface area contributed by atoms with Crippen molar-refractivity contribution >= 4 is 0 Å². The molecular weight excluding hydrogens is 284 g/mol. The average molecular weight is 314 g/mol. The predicted octanol–water partition coefficient (Wildman–Crippen LogP) is 5.35. The number of nitrogens with one attached hydrogen (secondary N) is 1. The normalized spacial score (nSPS) is 11.0. The molecule has 0 saturated heterocycles. The molecule has 0 bridgehead atoms. The molecule has 0 saturated carbocycles. The maximum atomic E-state index is 5.62. The monoisotopic (exact) mass is 314 g/mol. The highest BCUT2D eigenvalue weighted by Crippen LogP contribution is 2.20. The van der Waals surface area contributed by atoms with E-state index in [0.717, 1.165) is 36.7 Å². The summed E-state index contributed by atoms with van der Waals surface area (Å²) in [6.07, 6.45) is 10.5. The van der Waals surface area contributed by atoms with E-state index < -0.39 is 0 Å². The minimum Gasteiger partial charge on any atom is -0.444 e. The lowest BCUT2D eigenvalue weighted by Gasteiger charge is -2.02. The second-order valence-electron chi connectivity index (χ2n) is 6.18. The molecule has 0 unspecified atom stereocenters. The Bertz CT molecular complexity index is 545. The topological polar surface area (TPSA) is 38.1 Å². The SMILES string of the molecule is CCCCCCNCc1coc(-c2ccc(CCCC)cc2)n1. The van der Waals surface area contributed by atoms with Crippen molar-refractivity contribution in [3.8, 4) is 11.5 Å². The second-order valence-corrected chi connectivity index (χ2v) is 6.18. The van der Waals surface area contributed by atoms with Crippen LogP contribution in [-0.4, -0.2) is 11.5 Å². The van der Waals surface area contributed by atoms with Crippen LogP contribution in [-0.2, 0) is 13.0 Å². The number of hydrogen-bond donors (Lipinski definition) is 1. The average Bonchev–Trinajstić information content (AvgIpc) is 3.05. The maximum Gasteiger partial charge on any atom is 0.226 e. The van der Waals surface area contributed by atoms with Crippen LogP contribution in [0.3, 0.4) is 0 Å². The van der Waals surface area contributed by atoms with Gasteiger partial charge in [-0.15, -0.1) is 0 Å². The minimum absolute atomic E-state index is 0.717. The molecule has 0 atom stereocenters. The molecule has 23 heavy (non-hydrogen) atoms. The fourth-order valence-electron chi connectivity index (χ4n) is 2.61. The van der Waals surface area contributed by atoms with E-state index in [1.54, 1.807) is 6.26 Å². The van der Waals surface area contributed by atoms with Gasteiger partial charge in [-0.3, -0.25) is 0 Å². The van der Waals surface area contributed by atoms with Gasteiger partial charge in [0.25, 0.3) is 0 Å². The third kappa shape index (κ3) is 6.19. The lowest BCUT2D eigenvalue weighted by atomic mass is 10.1. The molecular formula is C20H30N2O. The van der Waals surface area contributed by atoms with Gasteiger partial charge >= 0.3 is 0 Å². The highest BCUT2D eigenvalue weighted by molar-refractivity contribution is 5.53. The number of benzene rings is 1. The molecule has 0 radical (unpaired) electrons. The largest absolute Gasteiger partial charge is 0.444 e. The number of nitrogens with zero attached hydrogens (tertiary/aromatic N) is 1. The smallest absolute Gasteiger partial charge is 0.226 e. The number of hydrogen-bond acceptors (Lipinski definition) is 3. The highest BCUT2D eigenvalue weighted by Gasteiger charge is 2.06. The highest BCUT2D eigenvalue weighted by atomic mass is 16.3. The van der Waals surface area contributed by atoms with E-state index in [4.69, 9.17) is 4.42 Å². The van der Waals surface area contributed by atoms with Crippen LogP contribution in [0.15, 0.2) is 34.9 Å². The first-order chi connectivity index (χ1) is 11.3. The zero-order valence-corrected chi connectivity index (χ0v) is 14.6. The summed E-state index contributed by atoms with van der Waals surface area (Å²) < 4.78 is 5.62. The van der Waals surface area contributed by atoms with Crippen molar-refractivity contribution in [3.63, 3.8) is 0 Å². The van der Waals surface area contributed by atoms with Crippen LogP contribution in [0.2, 0.25) is 0 Å². The van der Waals surface area contributed by atoms with Crippen molar-refractivity contribution in [2.45, 2.75) is 65.3 Å². The minimum atomic E-state index is 0.717. The van der Waals surface area contributed by atoms with Crippen LogP contribution < -0.4 is 5.32 Å². The number of oxazole rings is 1. The van der Waals surface area contributed by atoms with Crippen molar-refractivity contribution in [1.82, 2.24) is 10.3 Å². The van der Waals surface area contributed by atoms with E-state index in [9.17, 15) is 0 Å². The molecule has 3 heteroatoms. The summed E-state index contributed by atoms with van der Waals surface area (Å²) in [5, 5.41) is 3.44. The van der Waals surface area contributed by atoms with E-state index >= 15 is 0 Å².